The highest BCUT2D eigenvalue weighted by atomic mass is 16.7. The summed E-state index contributed by atoms with van der Waals surface area (Å²) in [5.74, 6) is -0.299. The molecule has 0 aromatic heterocycles. The van der Waals surface area contributed by atoms with Crippen molar-refractivity contribution >= 4 is 5.97 Å². The van der Waals surface area contributed by atoms with Crippen LogP contribution in [0.15, 0.2) is 0 Å². The Morgan fingerprint density at radius 3 is 1.56 bits per heavy atom. The highest BCUT2D eigenvalue weighted by Crippen LogP contribution is 2.14. The van der Waals surface area contributed by atoms with Gasteiger partial charge >= 0.3 is 5.97 Å². The first-order valence-electron chi connectivity index (χ1n) is 10.4. The molecule has 150 valence electrons. The zero-order chi connectivity index (χ0) is 18.6. The number of methoxy groups -OCH3 is 2. The van der Waals surface area contributed by atoms with Gasteiger partial charge in [-0.15, -0.1) is 0 Å². The van der Waals surface area contributed by atoms with Crippen LogP contribution in [0.3, 0.4) is 0 Å². The maximum Gasteiger partial charge on any atom is 0.335 e. The van der Waals surface area contributed by atoms with E-state index in [1.54, 1.807) is 7.11 Å². The molecular formula is C21H42O4. The van der Waals surface area contributed by atoms with E-state index < -0.39 is 6.10 Å². The average molecular weight is 359 g/mol. The molecule has 0 aromatic rings. The lowest BCUT2D eigenvalue weighted by Gasteiger charge is -2.14. The first-order chi connectivity index (χ1) is 12.3. The Labute approximate surface area is 156 Å². The Hall–Kier alpha value is -0.610. The molecule has 0 aromatic carbocycles. The predicted molar refractivity (Wildman–Crippen MR) is 104 cm³/mol. The molecule has 0 saturated heterocycles. The quantitative estimate of drug-likeness (QED) is 0.161. The van der Waals surface area contributed by atoms with Crippen molar-refractivity contribution in [2.75, 3.05) is 21.0 Å². The van der Waals surface area contributed by atoms with E-state index >= 15 is 0 Å². The predicted octanol–water partition coefficient (Wildman–Crippen LogP) is 6.02. The molecule has 0 amide bonds. The van der Waals surface area contributed by atoms with Crippen molar-refractivity contribution in [2.45, 2.75) is 109 Å². The maximum absolute atomic E-state index is 11.6. The van der Waals surface area contributed by atoms with Crippen LogP contribution in [0.4, 0.5) is 0 Å². The summed E-state index contributed by atoms with van der Waals surface area (Å²) < 4.78 is 15.0. The smallest absolute Gasteiger partial charge is 0.335 e. The van der Waals surface area contributed by atoms with Crippen LogP contribution in [0.25, 0.3) is 0 Å². The zero-order valence-electron chi connectivity index (χ0n) is 17.0. The van der Waals surface area contributed by atoms with E-state index in [1.165, 1.54) is 84.2 Å². The van der Waals surface area contributed by atoms with Crippen molar-refractivity contribution in [2.24, 2.45) is 0 Å². The van der Waals surface area contributed by atoms with Crippen molar-refractivity contribution in [3.63, 3.8) is 0 Å². The van der Waals surface area contributed by atoms with Gasteiger partial charge in [0.05, 0.1) is 7.11 Å². The Morgan fingerprint density at radius 1 is 0.720 bits per heavy atom. The van der Waals surface area contributed by atoms with Crippen LogP contribution in [-0.2, 0) is 19.0 Å². The molecule has 0 saturated carbocycles. The monoisotopic (exact) mass is 358 g/mol. The molecule has 0 aliphatic heterocycles. The second-order valence-corrected chi connectivity index (χ2v) is 6.97. The molecule has 0 bridgehead atoms. The molecule has 0 spiro atoms. The number of esters is 1. The summed E-state index contributed by atoms with van der Waals surface area (Å²) in [7, 11) is 2.96. The third kappa shape index (κ3) is 16.6. The van der Waals surface area contributed by atoms with E-state index in [9.17, 15) is 4.79 Å². The third-order valence-electron chi connectivity index (χ3n) is 4.67. The largest absolute Gasteiger partial charge is 0.467 e. The summed E-state index contributed by atoms with van der Waals surface area (Å²) >= 11 is 0. The summed E-state index contributed by atoms with van der Waals surface area (Å²) in [6, 6.07) is 0. The number of rotatable bonds is 19. The third-order valence-corrected chi connectivity index (χ3v) is 4.67. The number of ether oxygens (including phenoxy) is 3. The number of carbonyl (C=O) groups excluding carboxylic acids is 1. The van der Waals surface area contributed by atoms with Crippen molar-refractivity contribution in [3.05, 3.63) is 0 Å². The first-order valence-corrected chi connectivity index (χ1v) is 10.4. The molecule has 0 aliphatic carbocycles. The molecule has 0 N–H and O–H groups in total. The van der Waals surface area contributed by atoms with Crippen LogP contribution in [0.1, 0.15) is 103 Å². The number of unbranched alkanes of at least 4 members (excludes halogenated alkanes) is 13. The van der Waals surface area contributed by atoms with Crippen molar-refractivity contribution in [3.8, 4) is 0 Å². The first kappa shape index (κ1) is 24.4. The minimum absolute atomic E-state index is 0.137. The van der Waals surface area contributed by atoms with E-state index in [0.717, 1.165) is 12.8 Å². The number of carbonyl (C=O) groups is 1. The minimum Gasteiger partial charge on any atom is -0.467 e. The van der Waals surface area contributed by atoms with Crippen LogP contribution in [0.5, 0.6) is 0 Å². The standard InChI is InChI=1S/C21H42O4/c1-4-5-6-7-8-9-10-11-12-13-14-15-16-17-18-20(21(22)24-3)25-19-23-2/h20H,4-19H2,1-3H3. The van der Waals surface area contributed by atoms with Gasteiger partial charge in [-0.3, -0.25) is 0 Å². The average Bonchev–Trinajstić information content (AvgIpc) is 2.63. The summed E-state index contributed by atoms with van der Waals surface area (Å²) in [6.45, 7) is 2.41. The zero-order valence-corrected chi connectivity index (χ0v) is 17.0. The minimum atomic E-state index is -0.484. The van der Waals surface area contributed by atoms with Gasteiger partial charge in [0, 0.05) is 7.11 Å². The van der Waals surface area contributed by atoms with Gasteiger partial charge in [0.1, 0.15) is 6.79 Å². The van der Waals surface area contributed by atoms with E-state index in [-0.39, 0.29) is 12.8 Å². The lowest BCUT2D eigenvalue weighted by atomic mass is 10.0. The van der Waals surface area contributed by atoms with Gasteiger partial charge in [0.25, 0.3) is 0 Å². The normalized spacial score (nSPS) is 12.3. The molecule has 0 aliphatic rings. The van der Waals surface area contributed by atoms with Crippen molar-refractivity contribution in [1.29, 1.82) is 0 Å². The molecule has 1 atom stereocenters. The molecule has 4 nitrogen and oxygen atoms in total. The fraction of sp³-hybridized carbons (Fsp3) is 0.952. The summed E-state index contributed by atoms with van der Waals surface area (Å²) in [5.41, 5.74) is 0. The van der Waals surface area contributed by atoms with Gasteiger partial charge in [-0.25, -0.2) is 4.79 Å². The second kappa shape index (κ2) is 19.7. The lowest BCUT2D eigenvalue weighted by molar-refractivity contribution is -0.163. The highest BCUT2D eigenvalue weighted by molar-refractivity contribution is 5.74. The Balaban J connectivity index is 3.35. The molecule has 1 unspecified atom stereocenters. The van der Waals surface area contributed by atoms with Gasteiger partial charge in [-0.2, -0.15) is 0 Å². The topological polar surface area (TPSA) is 44.8 Å². The fourth-order valence-corrected chi connectivity index (χ4v) is 3.08. The lowest BCUT2D eigenvalue weighted by Crippen LogP contribution is -2.26. The molecule has 0 fully saturated rings. The van der Waals surface area contributed by atoms with E-state index in [1.807, 2.05) is 0 Å². The van der Waals surface area contributed by atoms with Gasteiger partial charge in [-0.1, -0.05) is 96.8 Å². The van der Waals surface area contributed by atoms with Gasteiger partial charge in [0.15, 0.2) is 6.10 Å². The van der Waals surface area contributed by atoms with Crippen LogP contribution in [0, 0.1) is 0 Å². The van der Waals surface area contributed by atoms with Gasteiger partial charge in [0.2, 0.25) is 0 Å². The molecule has 0 radical (unpaired) electrons. The number of hydrogen-bond donors (Lipinski definition) is 0. The molecule has 0 rings (SSSR count). The molecule has 0 heterocycles. The van der Waals surface area contributed by atoms with E-state index in [0.29, 0.717) is 6.42 Å². The summed E-state index contributed by atoms with van der Waals surface area (Å²) in [5, 5.41) is 0. The Morgan fingerprint density at radius 2 is 1.16 bits per heavy atom. The maximum atomic E-state index is 11.6. The Bertz CT molecular complexity index is 281. The highest BCUT2D eigenvalue weighted by Gasteiger charge is 2.19. The van der Waals surface area contributed by atoms with Crippen LogP contribution in [0.2, 0.25) is 0 Å². The van der Waals surface area contributed by atoms with Crippen LogP contribution < -0.4 is 0 Å². The summed E-state index contributed by atoms with van der Waals surface area (Å²) in [6.07, 6.45) is 18.9. The molecule has 4 heteroatoms. The van der Waals surface area contributed by atoms with Crippen LogP contribution in [-0.4, -0.2) is 33.1 Å². The molecular weight excluding hydrogens is 316 g/mol. The van der Waals surface area contributed by atoms with Gasteiger partial charge < -0.3 is 14.2 Å². The molecule has 25 heavy (non-hydrogen) atoms. The van der Waals surface area contributed by atoms with Crippen LogP contribution >= 0.6 is 0 Å². The second-order valence-electron chi connectivity index (χ2n) is 6.97. The van der Waals surface area contributed by atoms with E-state index in [2.05, 4.69) is 6.92 Å². The van der Waals surface area contributed by atoms with Crippen molar-refractivity contribution < 1.29 is 19.0 Å². The van der Waals surface area contributed by atoms with Gasteiger partial charge in [-0.05, 0) is 6.42 Å². The number of hydrogen-bond acceptors (Lipinski definition) is 4. The SMILES string of the molecule is CCCCCCCCCCCCCCCCC(OCOC)C(=O)OC. The summed E-state index contributed by atoms with van der Waals surface area (Å²) in [4.78, 5) is 11.6. The fourth-order valence-electron chi connectivity index (χ4n) is 3.08. The van der Waals surface area contributed by atoms with Crippen molar-refractivity contribution in [1.82, 2.24) is 0 Å². The Kier molecular flexibility index (Phi) is 19.2. The van der Waals surface area contributed by atoms with E-state index in [4.69, 9.17) is 14.2 Å².